The van der Waals surface area contributed by atoms with Crippen LogP contribution in [0, 0.1) is 0 Å². The van der Waals surface area contributed by atoms with Crippen molar-refractivity contribution in [2.45, 2.75) is 49.9 Å². The summed E-state index contributed by atoms with van der Waals surface area (Å²) in [5, 5.41) is 4.26. The molecule has 29 heavy (non-hydrogen) atoms. The smallest absolute Gasteiger partial charge is 0.159 e. The Morgan fingerprint density at radius 3 is 2.62 bits per heavy atom. The standard InChI is InChI=1S/C21H27N7O/c1-26-10-13(9-23-26)20-24-19-18(5-6-22-21(19)25-20)27-11-14-3-4-15(12-27)28(14)16-7-17(8-16)29-2/h5-6,9-10,14-17H,3-4,7-8,11-12H2,1-2H3,(H,22,24,25)/t14?,15?,16-,17+. The molecule has 152 valence electrons. The summed E-state index contributed by atoms with van der Waals surface area (Å²) < 4.78 is 7.31. The van der Waals surface area contributed by atoms with Crippen LogP contribution >= 0.6 is 0 Å². The van der Waals surface area contributed by atoms with E-state index < -0.39 is 0 Å². The Labute approximate surface area is 169 Å². The quantitative estimate of drug-likeness (QED) is 0.732. The van der Waals surface area contributed by atoms with Gasteiger partial charge in [-0.2, -0.15) is 5.10 Å². The van der Waals surface area contributed by atoms with Gasteiger partial charge in [-0.1, -0.05) is 0 Å². The number of H-pyrrole nitrogens is 1. The molecule has 0 spiro atoms. The molecule has 1 saturated carbocycles. The highest BCUT2D eigenvalue weighted by molar-refractivity contribution is 5.88. The maximum absolute atomic E-state index is 5.52. The number of nitrogens with zero attached hydrogens (tertiary/aromatic N) is 6. The van der Waals surface area contributed by atoms with Crippen molar-refractivity contribution in [3.63, 3.8) is 0 Å². The van der Waals surface area contributed by atoms with E-state index in [-0.39, 0.29) is 0 Å². The number of imidazole rings is 1. The van der Waals surface area contributed by atoms with Gasteiger partial charge >= 0.3 is 0 Å². The first kappa shape index (κ1) is 17.4. The topological polar surface area (TPSA) is 75.1 Å². The van der Waals surface area contributed by atoms with Gasteiger partial charge in [0.05, 0.1) is 23.6 Å². The van der Waals surface area contributed by atoms with Crippen LogP contribution in [0.25, 0.3) is 22.6 Å². The van der Waals surface area contributed by atoms with Crippen LogP contribution in [0.2, 0.25) is 0 Å². The van der Waals surface area contributed by atoms with E-state index in [2.05, 4.69) is 30.9 Å². The van der Waals surface area contributed by atoms with Crippen LogP contribution in [-0.4, -0.2) is 74.1 Å². The molecule has 5 heterocycles. The third-order valence-corrected chi connectivity index (χ3v) is 7.05. The molecule has 1 aliphatic carbocycles. The number of fused-ring (bicyclic) bond motifs is 3. The first-order valence-electron chi connectivity index (χ1n) is 10.6. The van der Waals surface area contributed by atoms with E-state index >= 15 is 0 Å². The molecule has 8 heteroatoms. The summed E-state index contributed by atoms with van der Waals surface area (Å²) in [4.78, 5) is 18.1. The fourth-order valence-corrected chi connectivity index (χ4v) is 5.54. The monoisotopic (exact) mass is 393 g/mol. The number of rotatable bonds is 4. The number of methoxy groups -OCH3 is 1. The minimum atomic E-state index is 0.465. The molecular weight excluding hydrogens is 366 g/mol. The minimum absolute atomic E-state index is 0.465. The normalized spacial score (nSPS) is 29.5. The molecule has 2 bridgehead atoms. The van der Waals surface area contributed by atoms with Gasteiger partial charge in [0.25, 0.3) is 0 Å². The van der Waals surface area contributed by atoms with Gasteiger partial charge in [-0.25, -0.2) is 9.97 Å². The van der Waals surface area contributed by atoms with Gasteiger partial charge in [-0.15, -0.1) is 0 Å². The fraction of sp³-hybridized carbons (Fsp3) is 0.571. The van der Waals surface area contributed by atoms with Gasteiger partial charge in [0.1, 0.15) is 11.3 Å². The second-order valence-electron chi connectivity index (χ2n) is 8.74. The first-order chi connectivity index (χ1) is 14.2. The van der Waals surface area contributed by atoms with Crippen molar-refractivity contribution in [1.29, 1.82) is 0 Å². The number of aryl methyl sites for hydroxylation is 1. The molecule has 0 radical (unpaired) electrons. The molecular formula is C21H27N7O. The summed E-state index contributed by atoms with van der Waals surface area (Å²) in [7, 11) is 3.76. The summed E-state index contributed by atoms with van der Waals surface area (Å²) in [5.74, 6) is 0.828. The Morgan fingerprint density at radius 2 is 1.93 bits per heavy atom. The molecule has 3 fully saturated rings. The lowest BCUT2D eigenvalue weighted by Crippen LogP contribution is -2.61. The number of nitrogens with one attached hydrogen (secondary N) is 1. The van der Waals surface area contributed by atoms with Crippen molar-refractivity contribution in [2.75, 3.05) is 25.1 Å². The van der Waals surface area contributed by atoms with Crippen LogP contribution < -0.4 is 4.90 Å². The fourth-order valence-electron chi connectivity index (χ4n) is 5.54. The summed E-state index contributed by atoms with van der Waals surface area (Å²) in [5.41, 5.74) is 3.99. The average molecular weight is 393 g/mol. The van der Waals surface area contributed by atoms with Gasteiger partial charge in [0.15, 0.2) is 5.65 Å². The van der Waals surface area contributed by atoms with Crippen molar-refractivity contribution >= 4 is 16.9 Å². The van der Waals surface area contributed by atoms with Gasteiger partial charge in [-0.3, -0.25) is 9.58 Å². The van der Waals surface area contributed by atoms with Crippen LogP contribution in [0.3, 0.4) is 0 Å². The first-order valence-corrected chi connectivity index (χ1v) is 10.6. The highest BCUT2D eigenvalue weighted by atomic mass is 16.5. The van der Waals surface area contributed by atoms with Crippen LogP contribution in [0.15, 0.2) is 24.7 Å². The molecule has 2 atom stereocenters. The van der Waals surface area contributed by atoms with Crippen molar-refractivity contribution in [3.8, 4) is 11.4 Å². The molecule has 8 nitrogen and oxygen atoms in total. The van der Waals surface area contributed by atoms with E-state index in [0.29, 0.717) is 24.2 Å². The Bertz CT molecular complexity index is 1020. The predicted octanol–water partition coefficient (Wildman–Crippen LogP) is 2.19. The minimum Gasteiger partial charge on any atom is -0.381 e. The summed E-state index contributed by atoms with van der Waals surface area (Å²) in [6, 6.07) is 4.10. The molecule has 2 saturated heterocycles. The Hall–Kier alpha value is -2.45. The molecule has 2 unspecified atom stereocenters. The van der Waals surface area contributed by atoms with E-state index in [1.54, 1.807) is 4.68 Å². The largest absolute Gasteiger partial charge is 0.381 e. The van der Waals surface area contributed by atoms with Crippen molar-refractivity contribution in [3.05, 3.63) is 24.7 Å². The van der Waals surface area contributed by atoms with E-state index in [9.17, 15) is 0 Å². The Morgan fingerprint density at radius 1 is 1.14 bits per heavy atom. The van der Waals surface area contributed by atoms with Crippen molar-refractivity contribution in [1.82, 2.24) is 29.6 Å². The van der Waals surface area contributed by atoms with Gasteiger partial charge in [-0.05, 0) is 31.7 Å². The van der Waals surface area contributed by atoms with Crippen LogP contribution in [0.5, 0.6) is 0 Å². The SMILES string of the molecule is CO[C@H]1C[C@@H](N2C3CCC2CN(c2ccnc4[nH]c(-c5cnn(C)c5)nc24)C3)C1. The van der Waals surface area contributed by atoms with Crippen LogP contribution in [-0.2, 0) is 11.8 Å². The highest BCUT2D eigenvalue weighted by Gasteiger charge is 2.47. The number of piperazine rings is 1. The third-order valence-electron chi connectivity index (χ3n) is 7.05. The molecule has 6 rings (SSSR count). The second-order valence-corrected chi connectivity index (χ2v) is 8.74. The van der Waals surface area contributed by atoms with E-state index in [0.717, 1.165) is 35.6 Å². The number of ether oxygens (including phenoxy) is 1. The van der Waals surface area contributed by atoms with Crippen molar-refractivity contribution in [2.24, 2.45) is 7.05 Å². The maximum atomic E-state index is 5.52. The maximum Gasteiger partial charge on any atom is 0.159 e. The molecule has 0 aromatic carbocycles. The van der Waals surface area contributed by atoms with E-state index in [1.807, 2.05) is 32.7 Å². The number of aromatic amines is 1. The predicted molar refractivity (Wildman–Crippen MR) is 111 cm³/mol. The lowest BCUT2D eigenvalue weighted by Gasteiger charge is -2.50. The number of hydrogen-bond donors (Lipinski definition) is 1. The number of aromatic nitrogens is 5. The summed E-state index contributed by atoms with van der Waals surface area (Å²) in [6.45, 7) is 2.14. The molecule has 3 aliphatic rings. The Kier molecular flexibility index (Phi) is 3.92. The molecule has 2 aliphatic heterocycles. The lowest BCUT2D eigenvalue weighted by atomic mass is 9.86. The van der Waals surface area contributed by atoms with Gasteiger partial charge in [0, 0.05) is 57.8 Å². The zero-order valence-corrected chi connectivity index (χ0v) is 17.0. The molecule has 3 aromatic heterocycles. The lowest BCUT2D eigenvalue weighted by molar-refractivity contribution is -0.0466. The summed E-state index contributed by atoms with van der Waals surface area (Å²) >= 11 is 0. The zero-order chi connectivity index (χ0) is 19.5. The number of anilines is 1. The summed E-state index contributed by atoms with van der Waals surface area (Å²) in [6.07, 6.45) is 11.1. The van der Waals surface area contributed by atoms with Crippen LogP contribution in [0.4, 0.5) is 5.69 Å². The van der Waals surface area contributed by atoms with Crippen LogP contribution in [0.1, 0.15) is 25.7 Å². The van der Waals surface area contributed by atoms with Crippen molar-refractivity contribution < 1.29 is 4.74 Å². The van der Waals surface area contributed by atoms with Gasteiger partial charge in [0.2, 0.25) is 0 Å². The third kappa shape index (κ3) is 2.77. The Balaban J connectivity index is 1.28. The number of hydrogen-bond acceptors (Lipinski definition) is 6. The zero-order valence-electron chi connectivity index (χ0n) is 17.0. The van der Waals surface area contributed by atoms with E-state index in [1.165, 1.54) is 31.4 Å². The highest BCUT2D eigenvalue weighted by Crippen LogP contribution is 2.41. The van der Waals surface area contributed by atoms with E-state index in [4.69, 9.17) is 9.72 Å². The number of pyridine rings is 1. The molecule has 1 N–H and O–H groups in total. The molecule has 3 aromatic rings. The average Bonchev–Trinajstić information content (AvgIpc) is 3.37. The molecule has 0 amide bonds. The second kappa shape index (κ2) is 6.53. The van der Waals surface area contributed by atoms with Gasteiger partial charge < -0.3 is 14.6 Å².